The summed E-state index contributed by atoms with van der Waals surface area (Å²) < 4.78 is 1.29. The lowest BCUT2D eigenvalue weighted by Crippen LogP contribution is -2.40. The summed E-state index contributed by atoms with van der Waals surface area (Å²) in [6.45, 7) is 7.06. The van der Waals surface area contributed by atoms with Gasteiger partial charge in [-0.1, -0.05) is 13.8 Å². The molecule has 2 nitrogen and oxygen atoms in total. The third-order valence-electron chi connectivity index (χ3n) is 4.70. The van der Waals surface area contributed by atoms with Crippen LogP contribution < -0.4 is 0 Å². The molecule has 1 N–H and O–H groups in total. The Morgan fingerprint density at radius 2 is 2.05 bits per heavy atom. The van der Waals surface area contributed by atoms with Crippen LogP contribution in [0.4, 0.5) is 0 Å². The lowest BCUT2D eigenvalue weighted by Gasteiger charge is -2.35. The summed E-state index contributed by atoms with van der Waals surface area (Å²) in [5, 5.41) is 1.33. The molecule has 1 aliphatic carbocycles. The van der Waals surface area contributed by atoms with Gasteiger partial charge in [0, 0.05) is 22.1 Å². The molecule has 21 heavy (non-hydrogen) atoms. The second-order valence-corrected chi connectivity index (χ2v) is 7.00. The normalized spacial score (nSPS) is 18.4. The highest BCUT2D eigenvalue weighted by Gasteiger charge is 2.25. The Bertz CT molecular complexity index is 611. The van der Waals surface area contributed by atoms with Gasteiger partial charge >= 0.3 is 0 Å². The van der Waals surface area contributed by atoms with Crippen molar-refractivity contribution in [3.8, 4) is 0 Å². The van der Waals surface area contributed by atoms with Crippen molar-refractivity contribution in [1.29, 1.82) is 0 Å². The molecule has 3 rings (SSSR count). The van der Waals surface area contributed by atoms with Crippen molar-refractivity contribution in [1.82, 2.24) is 9.88 Å². The molecule has 2 aromatic rings. The number of fused-ring (bicyclic) bond motifs is 2. The number of hydrogen-bond donors (Lipinski definition) is 1. The van der Waals surface area contributed by atoms with Crippen molar-refractivity contribution >= 4 is 26.8 Å². The van der Waals surface area contributed by atoms with E-state index in [0.29, 0.717) is 0 Å². The van der Waals surface area contributed by atoms with Gasteiger partial charge in [0.25, 0.3) is 0 Å². The van der Waals surface area contributed by atoms with E-state index in [4.69, 9.17) is 0 Å². The van der Waals surface area contributed by atoms with E-state index in [-0.39, 0.29) is 0 Å². The minimum atomic E-state index is 0.723. The molecule has 0 bridgehead atoms. The number of aromatic nitrogens is 1. The molecule has 1 heterocycles. The van der Waals surface area contributed by atoms with E-state index in [1.54, 1.807) is 5.56 Å². The SMILES string of the molecule is CCCN(CCC)C1CCc2c(cc3cc[nH]c3c2Br)C1. The molecular weight excluding hydrogens is 324 g/mol. The fourth-order valence-corrected chi connectivity index (χ4v) is 4.54. The summed E-state index contributed by atoms with van der Waals surface area (Å²) in [7, 11) is 0. The van der Waals surface area contributed by atoms with Crippen LogP contribution in [0.3, 0.4) is 0 Å². The van der Waals surface area contributed by atoms with Gasteiger partial charge in [-0.25, -0.2) is 0 Å². The fourth-order valence-electron chi connectivity index (χ4n) is 3.74. The monoisotopic (exact) mass is 348 g/mol. The summed E-state index contributed by atoms with van der Waals surface area (Å²) >= 11 is 3.82. The number of nitrogens with zero attached hydrogens (tertiary/aromatic N) is 1. The number of hydrogen-bond acceptors (Lipinski definition) is 1. The number of H-pyrrole nitrogens is 1. The Balaban J connectivity index is 1.89. The smallest absolute Gasteiger partial charge is 0.0601 e. The van der Waals surface area contributed by atoms with Crippen LogP contribution in [0.2, 0.25) is 0 Å². The van der Waals surface area contributed by atoms with E-state index >= 15 is 0 Å². The number of halogens is 1. The third kappa shape index (κ3) is 2.91. The molecule has 0 saturated heterocycles. The maximum Gasteiger partial charge on any atom is 0.0601 e. The van der Waals surface area contributed by atoms with Gasteiger partial charge in [0.05, 0.1) is 5.52 Å². The molecule has 3 heteroatoms. The van der Waals surface area contributed by atoms with Gasteiger partial charge in [-0.2, -0.15) is 0 Å². The highest BCUT2D eigenvalue weighted by atomic mass is 79.9. The van der Waals surface area contributed by atoms with Crippen molar-refractivity contribution in [2.24, 2.45) is 0 Å². The fraction of sp³-hybridized carbons (Fsp3) is 0.556. The molecule has 1 atom stereocenters. The summed E-state index contributed by atoms with van der Waals surface area (Å²) in [6, 6.07) is 5.30. The van der Waals surface area contributed by atoms with Crippen LogP contribution in [0.5, 0.6) is 0 Å². The topological polar surface area (TPSA) is 19.0 Å². The average molecular weight is 349 g/mol. The van der Waals surface area contributed by atoms with E-state index < -0.39 is 0 Å². The van der Waals surface area contributed by atoms with Crippen molar-refractivity contribution in [2.45, 2.75) is 52.0 Å². The highest BCUT2D eigenvalue weighted by molar-refractivity contribution is 9.10. The molecule has 0 radical (unpaired) electrons. The van der Waals surface area contributed by atoms with Crippen LogP contribution in [-0.4, -0.2) is 29.0 Å². The molecular formula is C18H25BrN2. The first-order valence-corrected chi connectivity index (χ1v) is 9.05. The van der Waals surface area contributed by atoms with Gasteiger partial charge in [-0.3, -0.25) is 0 Å². The van der Waals surface area contributed by atoms with Gasteiger partial charge < -0.3 is 9.88 Å². The minimum absolute atomic E-state index is 0.723. The molecule has 1 aromatic carbocycles. The van der Waals surface area contributed by atoms with Gasteiger partial charge in [0.15, 0.2) is 0 Å². The highest BCUT2D eigenvalue weighted by Crippen LogP contribution is 2.35. The predicted molar refractivity (Wildman–Crippen MR) is 94.0 cm³/mol. The Morgan fingerprint density at radius 3 is 2.76 bits per heavy atom. The minimum Gasteiger partial charge on any atom is -0.360 e. The van der Waals surface area contributed by atoms with Gasteiger partial charge in [0.1, 0.15) is 0 Å². The molecule has 0 fully saturated rings. The van der Waals surface area contributed by atoms with Crippen molar-refractivity contribution < 1.29 is 0 Å². The molecule has 0 spiro atoms. The summed E-state index contributed by atoms with van der Waals surface area (Å²) in [4.78, 5) is 6.06. The molecule has 0 saturated carbocycles. The van der Waals surface area contributed by atoms with Crippen LogP contribution in [0.1, 0.15) is 44.2 Å². The van der Waals surface area contributed by atoms with Crippen LogP contribution >= 0.6 is 15.9 Å². The molecule has 1 aliphatic rings. The van der Waals surface area contributed by atoms with Gasteiger partial charge in [0.2, 0.25) is 0 Å². The van der Waals surface area contributed by atoms with Crippen LogP contribution in [0.15, 0.2) is 22.8 Å². The summed E-state index contributed by atoms with van der Waals surface area (Å²) in [5.41, 5.74) is 4.32. The summed E-state index contributed by atoms with van der Waals surface area (Å²) in [6.07, 6.45) is 8.24. The Labute approximate surface area is 136 Å². The largest absolute Gasteiger partial charge is 0.360 e. The molecule has 0 aliphatic heterocycles. The number of aromatic amines is 1. The lowest BCUT2D eigenvalue weighted by atomic mass is 9.86. The average Bonchev–Trinajstić information content (AvgIpc) is 2.95. The first kappa shape index (κ1) is 15.1. The van der Waals surface area contributed by atoms with E-state index in [2.05, 4.69) is 51.8 Å². The second-order valence-electron chi connectivity index (χ2n) is 6.20. The quantitative estimate of drug-likeness (QED) is 0.813. The lowest BCUT2D eigenvalue weighted by molar-refractivity contribution is 0.180. The second kappa shape index (κ2) is 6.53. The van der Waals surface area contributed by atoms with E-state index in [1.165, 1.54) is 66.1 Å². The molecule has 1 unspecified atom stereocenters. The van der Waals surface area contributed by atoms with Gasteiger partial charge in [-0.15, -0.1) is 0 Å². The molecule has 114 valence electrons. The van der Waals surface area contributed by atoms with Crippen LogP contribution in [0, 0.1) is 0 Å². The number of nitrogens with one attached hydrogen (secondary N) is 1. The first-order chi connectivity index (χ1) is 10.2. The Hall–Kier alpha value is -0.800. The Morgan fingerprint density at radius 1 is 1.29 bits per heavy atom. The zero-order chi connectivity index (χ0) is 14.8. The third-order valence-corrected chi connectivity index (χ3v) is 5.58. The standard InChI is InChI=1S/C18H25BrN2/c1-3-9-21(10-4-2)15-5-6-16-14(12-15)11-13-7-8-20-18(13)17(16)19/h7-8,11,15,20H,3-6,9-10,12H2,1-2H3. The van der Waals surface area contributed by atoms with E-state index in [9.17, 15) is 0 Å². The maximum absolute atomic E-state index is 3.82. The predicted octanol–water partition coefficient (Wildman–Crippen LogP) is 4.91. The molecule has 0 amide bonds. The van der Waals surface area contributed by atoms with Crippen molar-refractivity contribution in [2.75, 3.05) is 13.1 Å². The zero-order valence-electron chi connectivity index (χ0n) is 13.1. The van der Waals surface area contributed by atoms with Crippen molar-refractivity contribution in [3.63, 3.8) is 0 Å². The zero-order valence-corrected chi connectivity index (χ0v) is 14.7. The Kier molecular flexibility index (Phi) is 4.70. The van der Waals surface area contributed by atoms with E-state index in [1.807, 2.05) is 6.20 Å². The van der Waals surface area contributed by atoms with Crippen LogP contribution in [0.25, 0.3) is 10.9 Å². The van der Waals surface area contributed by atoms with Crippen molar-refractivity contribution in [3.05, 3.63) is 33.9 Å². The summed E-state index contributed by atoms with van der Waals surface area (Å²) in [5.74, 6) is 0. The number of benzene rings is 1. The van der Waals surface area contributed by atoms with E-state index in [0.717, 1.165) is 6.04 Å². The molecule has 1 aromatic heterocycles. The number of rotatable bonds is 5. The first-order valence-electron chi connectivity index (χ1n) is 8.26. The van der Waals surface area contributed by atoms with Crippen LogP contribution in [-0.2, 0) is 12.8 Å². The van der Waals surface area contributed by atoms with Gasteiger partial charge in [-0.05, 0) is 84.4 Å². The maximum atomic E-state index is 3.82.